The van der Waals surface area contributed by atoms with Crippen LogP contribution in [0, 0.1) is 12.7 Å². The van der Waals surface area contributed by atoms with Gasteiger partial charge in [-0.05, 0) is 73.6 Å². The number of carbonyl (C=O) groups excluding carboxylic acids is 1. The lowest BCUT2D eigenvalue weighted by molar-refractivity contribution is 0.102. The maximum Gasteiger partial charge on any atom is 0.268 e. The summed E-state index contributed by atoms with van der Waals surface area (Å²) < 4.78 is 29.6. The van der Waals surface area contributed by atoms with Crippen LogP contribution in [0.4, 0.5) is 10.1 Å². The van der Waals surface area contributed by atoms with Gasteiger partial charge in [0.1, 0.15) is 23.7 Å². The Labute approximate surface area is 252 Å². The number of anilines is 1. The predicted molar refractivity (Wildman–Crippen MR) is 164 cm³/mol. The highest BCUT2D eigenvalue weighted by molar-refractivity contribution is 6.04. The fourth-order valence-electron chi connectivity index (χ4n) is 5.38. The molecule has 11 heteroatoms. The van der Waals surface area contributed by atoms with Crippen LogP contribution in [0.3, 0.4) is 0 Å². The first-order chi connectivity index (χ1) is 21.2. The van der Waals surface area contributed by atoms with E-state index < -0.39 is 17.3 Å². The number of ether oxygens (including phenoxy) is 2. The Morgan fingerprint density at radius 3 is 2.57 bits per heavy atom. The second kappa shape index (κ2) is 11.6. The molecular weight excluding hydrogens is 565 g/mol. The smallest absolute Gasteiger partial charge is 0.268 e. The first-order valence-corrected chi connectivity index (χ1v) is 14.3. The van der Waals surface area contributed by atoms with E-state index in [0.29, 0.717) is 28.4 Å². The SMILES string of the molecule is COc1cc(C)c(-n2c(C3CC3)ccc(C(=O)Nc3ccc(Oc4ccnc5c4cc(C(C)C)n5CO)c(F)c3)c2=O)cn1. The van der Waals surface area contributed by atoms with Crippen LogP contribution in [0.25, 0.3) is 16.7 Å². The van der Waals surface area contributed by atoms with Gasteiger partial charge in [-0.2, -0.15) is 0 Å². The Morgan fingerprint density at radius 2 is 1.91 bits per heavy atom. The van der Waals surface area contributed by atoms with Crippen LogP contribution >= 0.6 is 0 Å². The first-order valence-electron chi connectivity index (χ1n) is 14.3. The van der Waals surface area contributed by atoms with E-state index in [4.69, 9.17) is 9.47 Å². The molecule has 1 aliphatic carbocycles. The molecule has 1 fully saturated rings. The number of aromatic nitrogens is 4. The highest BCUT2D eigenvalue weighted by Gasteiger charge is 2.29. The number of pyridine rings is 3. The van der Waals surface area contributed by atoms with Crippen molar-refractivity contribution in [1.82, 2.24) is 19.1 Å². The van der Waals surface area contributed by atoms with Crippen molar-refractivity contribution in [3.63, 3.8) is 0 Å². The normalized spacial score (nSPS) is 13.0. The lowest BCUT2D eigenvalue weighted by Gasteiger charge is -2.16. The van der Waals surface area contributed by atoms with Crippen LogP contribution < -0.4 is 20.3 Å². The maximum absolute atomic E-state index is 15.3. The second-order valence-electron chi connectivity index (χ2n) is 11.1. The molecule has 4 heterocycles. The van der Waals surface area contributed by atoms with Crippen molar-refractivity contribution >= 4 is 22.6 Å². The Morgan fingerprint density at radius 1 is 1.11 bits per heavy atom. The summed E-state index contributed by atoms with van der Waals surface area (Å²) in [5.41, 5.74) is 3.14. The van der Waals surface area contributed by atoms with Crippen LogP contribution in [-0.4, -0.2) is 37.2 Å². The molecule has 6 rings (SSSR count). The molecule has 44 heavy (non-hydrogen) atoms. The number of nitrogens with zero attached hydrogens (tertiary/aromatic N) is 4. The molecule has 0 bridgehead atoms. The number of carbonyl (C=O) groups is 1. The summed E-state index contributed by atoms with van der Waals surface area (Å²) in [5.74, 6) is -0.289. The lowest BCUT2D eigenvalue weighted by atomic mass is 10.1. The molecule has 0 radical (unpaired) electrons. The molecule has 10 nitrogen and oxygen atoms in total. The third-order valence-corrected chi connectivity index (χ3v) is 7.79. The van der Waals surface area contributed by atoms with Gasteiger partial charge in [-0.1, -0.05) is 13.8 Å². The second-order valence-corrected chi connectivity index (χ2v) is 11.1. The summed E-state index contributed by atoms with van der Waals surface area (Å²) in [6.07, 6.45) is 5.01. The summed E-state index contributed by atoms with van der Waals surface area (Å²) in [4.78, 5) is 35.6. The minimum Gasteiger partial charge on any atom is -0.481 e. The van der Waals surface area contributed by atoms with Gasteiger partial charge in [-0.15, -0.1) is 0 Å². The van der Waals surface area contributed by atoms with Crippen molar-refractivity contribution in [2.45, 2.75) is 52.2 Å². The van der Waals surface area contributed by atoms with Crippen LogP contribution in [0.15, 0.2) is 65.7 Å². The molecule has 226 valence electrons. The van der Waals surface area contributed by atoms with Gasteiger partial charge in [0.2, 0.25) is 5.88 Å². The number of aliphatic hydroxyl groups excluding tert-OH is 1. The van der Waals surface area contributed by atoms with E-state index in [9.17, 15) is 14.7 Å². The highest BCUT2D eigenvalue weighted by Crippen LogP contribution is 2.40. The first kappa shape index (κ1) is 29.1. The number of amides is 1. The minimum absolute atomic E-state index is 0.0584. The number of hydrogen-bond donors (Lipinski definition) is 2. The van der Waals surface area contributed by atoms with Crippen molar-refractivity contribution in [2.75, 3.05) is 12.4 Å². The zero-order chi connectivity index (χ0) is 31.1. The Kier molecular flexibility index (Phi) is 7.64. The van der Waals surface area contributed by atoms with E-state index in [1.165, 1.54) is 36.1 Å². The van der Waals surface area contributed by atoms with E-state index in [2.05, 4.69) is 15.3 Å². The molecule has 0 saturated heterocycles. The molecule has 0 unspecified atom stereocenters. The molecule has 4 aromatic heterocycles. The monoisotopic (exact) mass is 597 g/mol. The average molecular weight is 598 g/mol. The van der Waals surface area contributed by atoms with Gasteiger partial charge in [0.05, 0.1) is 24.4 Å². The van der Waals surface area contributed by atoms with Gasteiger partial charge >= 0.3 is 0 Å². The number of nitrogens with one attached hydrogen (secondary N) is 1. The molecule has 1 amide bonds. The van der Waals surface area contributed by atoms with Gasteiger partial charge < -0.3 is 24.5 Å². The zero-order valence-electron chi connectivity index (χ0n) is 24.8. The van der Waals surface area contributed by atoms with Crippen LogP contribution in [0.2, 0.25) is 0 Å². The van der Waals surface area contributed by atoms with Crippen molar-refractivity contribution in [3.05, 3.63) is 99.6 Å². The van der Waals surface area contributed by atoms with Gasteiger partial charge in [-0.3, -0.25) is 14.2 Å². The zero-order valence-corrected chi connectivity index (χ0v) is 24.8. The molecule has 0 atom stereocenters. The molecule has 5 aromatic rings. The van der Waals surface area contributed by atoms with E-state index in [-0.39, 0.29) is 35.6 Å². The van der Waals surface area contributed by atoms with Crippen LogP contribution in [0.1, 0.15) is 65.8 Å². The molecular formula is C33H32FN5O5. The maximum atomic E-state index is 15.3. The van der Waals surface area contributed by atoms with Gasteiger partial charge in [0, 0.05) is 35.4 Å². The standard InChI is InChI=1S/C33H32FN5O5/c1-18(2)26-15-23-28(11-12-35-31(23)38(26)17-40)44-29-10-7-21(14-24(29)34)37-32(41)22-8-9-25(20-5-6-20)39(33(22)42)27-16-36-30(43-4)13-19(27)3/h7-16,18,20,40H,5-6,17H2,1-4H3,(H,37,41). The quantitative estimate of drug-likeness (QED) is 0.213. The Hall–Kier alpha value is -5.03. The van der Waals surface area contributed by atoms with Gasteiger partial charge in [0.25, 0.3) is 11.5 Å². The number of fused-ring (bicyclic) bond motifs is 1. The largest absolute Gasteiger partial charge is 0.481 e. The Bertz CT molecular complexity index is 1960. The molecule has 0 aliphatic heterocycles. The molecule has 0 spiro atoms. The third kappa shape index (κ3) is 5.30. The minimum atomic E-state index is -0.708. The summed E-state index contributed by atoms with van der Waals surface area (Å²) in [5, 5.41) is 13.2. The number of aliphatic hydroxyl groups is 1. The highest BCUT2D eigenvalue weighted by atomic mass is 19.1. The molecule has 1 aliphatic rings. The van der Waals surface area contributed by atoms with E-state index >= 15 is 4.39 Å². The number of methoxy groups -OCH3 is 1. The summed E-state index contributed by atoms with van der Waals surface area (Å²) in [7, 11) is 1.52. The number of benzene rings is 1. The summed E-state index contributed by atoms with van der Waals surface area (Å²) in [6, 6.07) is 12.6. The molecule has 1 saturated carbocycles. The fraction of sp³-hybridized carbons (Fsp3) is 0.273. The number of rotatable bonds is 9. The van der Waals surface area contributed by atoms with Crippen LogP contribution in [-0.2, 0) is 6.73 Å². The van der Waals surface area contributed by atoms with Crippen molar-refractivity contribution < 1.29 is 23.8 Å². The summed E-state index contributed by atoms with van der Waals surface area (Å²) in [6.45, 7) is 5.61. The van der Waals surface area contributed by atoms with Crippen molar-refractivity contribution in [3.8, 4) is 23.1 Å². The Balaban J connectivity index is 1.27. The number of aryl methyl sites for hydroxylation is 1. The van der Waals surface area contributed by atoms with E-state index in [0.717, 1.165) is 35.9 Å². The summed E-state index contributed by atoms with van der Waals surface area (Å²) >= 11 is 0. The lowest BCUT2D eigenvalue weighted by Crippen LogP contribution is -2.30. The third-order valence-electron chi connectivity index (χ3n) is 7.79. The van der Waals surface area contributed by atoms with Crippen molar-refractivity contribution in [2.24, 2.45) is 0 Å². The van der Waals surface area contributed by atoms with Gasteiger partial charge in [-0.25, -0.2) is 14.4 Å². The van der Waals surface area contributed by atoms with Crippen molar-refractivity contribution in [1.29, 1.82) is 0 Å². The fourth-order valence-corrected chi connectivity index (χ4v) is 5.38. The predicted octanol–water partition coefficient (Wildman–Crippen LogP) is 6.03. The van der Waals surface area contributed by atoms with E-state index in [1.54, 1.807) is 29.0 Å². The molecule has 2 N–H and O–H groups in total. The average Bonchev–Trinajstić information content (AvgIpc) is 3.77. The topological polar surface area (TPSA) is 121 Å². The molecule has 1 aromatic carbocycles. The number of hydrogen-bond acceptors (Lipinski definition) is 7. The number of halogens is 1. The van der Waals surface area contributed by atoms with E-state index in [1.807, 2.05) is 26.8 Å². The van der Waals surface area contributed by atoms with Crippen LogP contribution in [0.5, 0.6) is 17.4 Å². The van der Waals surface area contributed by atoms with Gasteiger partial charge in [0.15, 0.2) is 11.6 Å².